The molecule has 0 saturated carbocycles. The van der Waals surface area contributed by atoms with Crippen molar-refractivity contribution in [3.8, 4) is 0 Å². The Morgan fingerprint density at radius 3 is 2.83 bits per heavy atom. The number of aryl methyl sites for hydroxylation is 2. The number of anilines is 1. The number of aromatic nitrogens is 2. The van der Waals surface area contributed by atoms with E-state index in [1.54, 1.807) is 11.7 Å². The Morgan fingerprint density at radius 2 is 2.28 bits per heavy atom. The topological polar surface area (TPSA) is 79.2 Å². The number of nitrogens with one attached hydrogen (secondary N) is 2. The monoisotopic (exact) mass is 254 g/mol. The third-order valence-electron chi connectivity index (χ3n) is 2.65. The van der Waals surface area contributed by atoms with Gasteiger partial charge in [0.1, 0.15) is 5.82 Å². The lowest BCUT2D eigenvalue weighted by molar-refractivity contribution is 0.162. The summed E-state index contributed by atoms with van der Waals surface area (Å²) in [5.74, 6) is 0.648. The summed E-state index contributed by atoms with van der Waals surface area (Å²) < 4.78 is 1.63. The first-order chi connectivity index (χ1) is 8.56. The number of hydrogen-bond donors (Lipinski definition) is 3. The fourth-order valence-electron chi connectivity index (χ4n) is 1.62. The molecule has 0 radical (unpaired) electrons. The third kappa shape index (κ3) is 4.37. The third-order valence-corrected chi connectivity index (χ3v) is 2.65. The quantitative estimate of drug-likeness (QED) is 0.715. The largest absolute Gasteiger partial charge is 0.391 e. The van der Waals surface area contributed by atoms with E-state index in [2.05, 4.69) is 15.7 Å². The zero-order valence-electron chi connectivity index (χ0n) is 11.2. The number of urea groups is 1. The zero-order valence-corrected chi connectivity index (χ0v) is 11.2. The molecule has 0 saturated heterocycles. The van der Waals surface area contributed by atoms with Gasteiger partial charge in [-0.2, -0.15) is 5.10 Å². The number of nitrogens with zero attached hydrogens (tertiary/aromatic N) is 2. The normalized spacial score (nSPS) is 12.2. The van der Waals surface area contributed by atoms with Crippen molar-refractivity contribution in [1.82, 2.24) is 15.1 Å². The minimum Gasteiger partial charge on any atom is -0.391 e. The average molecular weight is 254 g/mol. The summed E-state index contributed by atoms with van der Waals surface area (Å²) in [6.07, 6.45) is 1.92. The fraction of sp³-hybridized carbons (Fsp3) is 0.667. The minimum absolute atomic E-state index is 0.262. The first-order valence-electron chi connectivity index (χ1n) is 6.32. The highest BCUT2D eigenvalue weighted by Crippen LogP contribution is 2.09. The van der Waals surface area contributed by atoms with Crippen LogP contribution in [0.2, 0.25) is 0 Å². The van der Waals surface area contributed by atoms with Crippen LogP contribution >= 0.6 is 0 Å². The number of carbonyl (C=O) groups is 1. The smallest absolute Gasteiger partial charge is 0.320 e. The van der Waals surface area contributed by atoms with Crippen molar-refractivity contribution in [3.05, 3.63) is 11.8 Å². The molecular formula is C12H22N4O2. The van der Waals surface area contributed by atoms with Gasteiger partial charge in [-0.25, -0.2) is 4.79 Å². The summed E-state index contributed by atoms with van der Waals surface area (Å²) >= 11 is 0. The van der Waals surface area contributed by atoms with Gasteiger partial charge in [0.05, 0.1) is 11.8 Å². The van der Waals surface area contributed by atoms with Gasteiger partial charge in [-0.15, -0.1) is 0 Å². The van der Waals surface area contributed by atoms with Crippen molar-refractivity contribution in [3.63, 3.8) is 0 Å². The molecule has 0 aliphatic rings. The average Bonchev–Trinajstić information content (AvgIpc) is 2.68. The number of hydrogen-bond acceptors (Lipinski definition) is 3. The molecule has 1 unspecified atom stereocenters. The van der Waals surface area contributed by atoms with E-state index >= 15 is 0 Å². The Morgan fingerprint density at radius 1 is 1.56 bits per heavy atom. The second kappa shape index (κ2) is 7.00. The summed E-state index contributed by atoms with van der Waals surface area (Å²) in [7, 11) is 1.78. The highest BCUT2D eigenvalue weighted by atomic mass is 16.3. The molecule has 2 amide bonds. The SMILES string of the molecule is CCCC(O)CNC(=O)Nc1cc(CC)nn1C. The van der Waals surface area contributed by atoms with Crippen molar-refractivity contribution in [2.45, 2.75) is 39.2 Å². The van der Waals surface area contributed by atoms with Gasteiger partial charge in [0.2, 0.25) is 0 Å². The molecule has 1 aromatic rings. The van der Waals surface area contributed by atoms with Gasteiger partial charge in [-0.1, -0.05) is 20.3 Å². The summed E-state index contributed by atoms with van der Waals surface area (Å²) in [5.41, 5.74) is 0.929. The lowest BCUT2D eigenvalue weighted by atomic mass is 10.2. The highest BCUT2D eigenvalue weighted by molar-refractivity contribution is 5.88. The summed E-state index contributed by atoms with van der Waals surface area (Å²) in [6.45, 7) is 4.26. The van der Waals surface area contributed by atoms with Crippen LogP contribution in [-0.2, 0) is 13.5 Å². The van der Waals surface area contributed by atoms with Crippen molar-refractivity contribution in [2.75, 3.05) is 11.9 Å². The van der Waals surface area contributed by atoms with Gasteiger partial charge < -0.3 is 10.4 Å². The van der Waals surface area contributed by atoms with E-state index in [0.717, 1.165) is 18.5 Å². The molecule has 1 heterocycles. The van der Waals surface area contributed by atoms with E-state index in [9.17, 15) is 9.90 Å². The predicted molar refractivity (Wildman–Crippen MR) is 70.5 cm³/mol. The maximum Gasteiger partial charge on any atom is 0.320 e. The Labute approximate surface area is 107 Å². The van der Waals surface area contributed by atoms with Crippen LogP contribution in [0.25, 0.3) is 0 Å². The lowest BCUT2D eigenvalue weighted by Crippen LogP contribution is -2.35. The molecule has 0 fully saturated rings. The molecule has 3 N–H and O–H groups in total. The molecule has 0 spiro atoms. The van der Waals surface area contributed by atoms with Gasteiger partial charge in [0.25, 0.3) is 0 Å². The van der Waals surface area contributed by atoms with E-state index in [1.165, 1.54) is 0 Å². The van der Waals surface area contributed by atoms with Crippen LogP contribution in [0.1, 0.15) is 32.4 Å². The lowest BCUT2D eigenvalue weighted by Gasteiger charge is -2.11. The predicted octanol–water partition coefficient (Wildman–Crippen LogP) is 1.27. The molecule has 6 heteroatoms. The standard InChI is InChI=1S/C12H22N4O2/c1-4-6-10(17)8-13-12(18)14-11-7-9(5-2)15-16(11)3/h7,10,17H,4-6,8H2,1-3H3,(H2,13,14,18). The van der Waals surface area contributed by atoms with Crippen molar-refractivity contribution < 1.29 is 9.90 Å². The Kier molecular flexibility index (Phi) is 5.64. The number of aliphatic hydroxyl groups is 1. The fourth-order valence-corrected chi connectivity index (χ4v) is 1.62. The molecule has 0 aliphatic carbocycles. The second-order valence-corrected chi connectivity index (χ2v) is 4.28. The summed E-state index contributed by atoms with van der Waals surface area (Å²) in [4.78, 5) is 11.6. The van der Waals surface area contributed by atoms with Gasteiger partial charge in [-0.05, 0) is 12.8 Å². The van der Waals surface area contributed by atoms with E-state index in [0.29, 0.717) is 12.2 Å². The van der Waals surface area contributed by atoms with Crippen molar-refractivity contribution in [1.29, 1.82) is 0 Å². The molecule has 1 atom stereocenters. The Balaban J connectivity index is 2.41. The van der Waals surface area contributed by atoms with E-state index in [1.807, 2.05) is 19.9 Å². The van der Waals surface area contributed by atoms with Crippen LogP contribution in [0.15, 0.2) is 6.07 Å². The number of aliphatic hydroxyl groups excluding tert-OH is 1. The maximum atomic E-state index is 11.6. The van der Waals surface area contributed by atoms with Crippen LogP contribution in [0.3, 0.4) is 0 Å². The van der Waals surface area contributed by atoms with Crippen LogP contribution in [0, 0.1) is 0 Å². The number of carbonyl (C=O) groups excluding carboxylic acids is 1. The van der Waals surface area contributed by atoms with Crippen LogP contribution in [-0.4, -0.2) is 33.6 Å². The first kappa shape index (κ1) is 14.5. The van der Waals surface area contributed by atoms with Gasteiger partial charge in [0, 0.05) is 19.7 Å². The number of rotatable bonds is 6. The van der Waals surface area contributed by atoms with Crippen molar-refractivity contribution in [2.24, 2.45) is 7.05 Å². The molecule has 1 aromatic heterocycles. The second-order valence-electron chi connectivity index (χ2n) is 4.28. The van der Waals surface area contributed by atoms with Crippen LogP contribution in [0.5, 0.6) is 0 Å². The van der Waals surface area contributed by atoms with Crippen LogP contribution in [0.4, 0.5) is 10.6 Å². The molecule has 0 aromatic carbocycles. The van der Waals surface area contributed by atoms with Crippen molar-refractivity contribution >= 4 is 11.8 Å². The van der Waals surface area contributed by atoms with Gasteiger partial charge in [-0.3, -0.25) is 10.00 Å². The summed E-state index contributed by atoms with van der Waals surface area (Å²) in [6, 6.07) is 1.51. The Bertz CT molecular complexity index is 389. The van der Waals surface area contributed by atoms with E-state index in [4.69, 9.17) is 0 Å². The van der Waals surface area contributed by atoms with Crippen LogP contribution < -0.4 is 10.6 Å². The minimum atomic E-state index is -0.488. The first-order valence-corrected chi connectivity index (χ1v) is 6.32. The molecule has 18 heavy (non-hydrogen) atoms. The molecular weight excluding hydrogens is 232 g/mol. The van der Waals surface area contributed by atoms with E-state index in [-0.39, 0.29) is 12.6 Å². The maximum absolute atomic E-state index is 11.6. The number of amides is 2. The summed E-state index contributed by atoms with van der Waals surface area (Å²) in [5, 5.41) is 19.1. The highest BCUT2D eigenvalue weighted by Gasteiger charge is 2.09. The van der Waals surface area contributed by atoms with Gasteiger partial charge >= 0.3 is 6.03 Å². The Hall–Kier alpha value is -1.56. The molecule has 1 rings (SSSR count). The molecule has 6 nitrogen and oxygen atoms in total. The molecule has 0 bridgehead atoms. The van der Waals surface area contributed by atoms with Gasteiger partial charge in [0.15, 0.2) is 0 Å². The zero-order chi connectivity index (χ0) is 13.5. The molecule has 102 valence electrons. The van der Waals surface area contributed by atoms with E-state index < -0.39 is 6.10 Å². The molecule has 0 aliphatic heterocycles.